The summed E-state index contributed by atoms with van der Waals surface area (Å²) < 4.78 is 0. The largest absolute Gasteiger partial charge is 0.384 e. The van der Waals surface area contributed by atoms with Crippen LogP contribution in [0.1, 0.15) is 29.7 Å². The summed E-state index contributed by atoms with van der Waals surface area (Å²) in [5.74, 6) is 0.0869. The first kappa shape index (κ1) is 15.4. The summed E-state index contributed by atoms with van der Waals surface area (Å²) >= 11 is 5.95. The number of nitrogen functional groups attached to an aromatic ring is 1. The maximum atomic E-state index is 7.77. The van der Waals surface area contributed by atoms with Crippen molar-refractivity contribution < 1.29 is 0 Å². The molecule has 0 aliphatic rings. The number of hydrogen-bond donors (Lipinski definition) is 2. The Morgan fingerprint density at radius 3 is 2.38 bits per heavy atom. The summed E-state index contributed by atoms with van der Waals surface area (Å²) in [5, 5.41) is 8.50. The summed E-state index contributed by atoms with van der Waals surface area (Å²) in [5.41, 5.74) is 9.74. The Morgan fingerprint density at radius 1 is 1.19 bits per heavy atom. The van der Waals surface area contributed by atoms with Crippen molar-refractivity contribution in [2.45, 2.75) is 19.9 Å². The van der Waals surface area contributed by atoms with Crippen LogP contribution in [0.5, 0.6) is 0 Å². The molecule has 1 atom stereocenters. The quantitative estimate of drug-likeness (QED) is 0.659. The highest BCUT2D eigenvalue weighted by Crippen LogP contribution is 2.31. The third-order valence-electron chi connectivity index (χ3n) is 3.81. The SMILES string of the molecule is Cc1cccc(C(=N)N)c1N(C)C(C)c1ccc(Cl)cc1. The molecule has 0 saturated heterocycles. The molecule has 2 aromatic rings. The first-order chi connectivity index (χ1) is 9.91. The number of nitrogens with one attached hydrogen (secondary N) is 1. The molecule has 0 saturated carbocycles. The van der Waals surface area contributed by atoms with Crippen molar-refractivity contribution in [2.75, 3.05) is 11.9 Å². The van der Waals surface area contributed by atoms with Crippen molar-refractivity contribution in [3.8, 4) is 0 Å². The summed E-state index contributed by atoms with van der Waals surface area (Å²) in [6, 6.07) is 13.8. The van der Waals surface area contributed by atoms with Crippen molar-refractivity contribution in [1.29, 1.82) is 5.41 Å². The Bertz CT molecular complexity index is 650. The normalized spacial score (nSPS) is 12.0. The molecule has 0 spiro atoms. The minimum atomic E-state index is 0.0869. The van der Waals surface area contributed by atoms with Crippen molar-refractivity contribution >= 4 is 23.1 Å². The summed E-state index contributed by atoms with van der Waals surface area (Å²) in [7, 11) is 2.02. The molecular formula is C17H20ClN3. The number of para-hydroxylation sites is 1. The van der Waals surface area contributed by atoms with E-state index < -0.39 is 0 Å². The van der Waals surface area contributed by atoms with Gasteiger partial charge in [0.05, 0.1) is 11.7 Å². The first-order valence-electron chi connectivity index (χ1n) is 6.84. The molecule has 2 rings (SSSR count). The highest BCUT2D eigenvalue weighted by Gasteiger charge is 2.18. The molecule has 0 bridgehead atoms. The Balaban J connectivity index is 2.42. The fourth-order valence-corrected chi connectivity index (χ4v) is 2.63. The van der Waals surface area contributed by atoms with E-state index in [4.69, 9.17) is 22.7 Å². The second-order valence-corrected chi connectivity index (χ2v) is 5.66. The Morgan fingerprint density at radius 2 is 1.81 bits per heavy atom. The van der Waals surface area contributed by atoms with Crippen LogP contribution in [0.4, 0.5) is 5.69 Å². The van der Waals surface area contributed by atoms with Crippen LogP contribution in [0.2, 0.25) is 5.02 Å². The summed E-state index contributed by atoms with van der Waals surface area (Å²) in [6.07, 6.45) is 0. The van der Waals surface area contributed by atoms with Crippen LogP contribution in [-0.2, 0) is 0 Å². The van der Waals surface area contributed by atoms with Crippen LogP contribution >= 0.6 is 11.6 Å². The van der Waals surface area contributed by atoms with Gasteiger partial charge in [-0.2, -0.15) is 0 Å². The predicted molar refractivity (Wildman–Crippen MR) is 90.5 cm³/mol. The second kappa shape index (κ2) is 6.19. The molecule has 110 valence electrons. The number of aryl methyl sites for hydroxylation is 1. The van der Waals surface area contributed by atoms with Gasteiger partial charge in [0.25, 0.3) is 0 Å². The van der Waals surface area contributed by atoms with Crippen LogP contribution in [0, 0.1) is 12.3 Å². The van der Waals surface area contributed by atoms with Crippen LogP contribution < -0.4 is 10.6 Å². The van der Waals surface area contributed by atoms with Gasteiger partial charge in [0.15, 0.2) is 0 Å². The van der Waals surface area contributed by atoms with Gasteiger partial charge >= 0.3 is 0 Å². The number of amidine groups is 1. The highest BCUT2D eigenvalue weighted by atomic mass is 35.5. The Labute approximate surface area is 130 Å². The van der Waals surface area contributed by atoms with Crippen LogP contribution in [0.3, 0.4) is 0 Å². The zero-order valence-electron chi connectivity index (χ0n) is 12.5. The number of nitrogens with two attached hydrogens (primary N) is 1. The first-order valence-corrected chi connectivity index (χ1v) is 7.22. The van der Waals surface area contributed by atoms with E-state index in [1.165, 1.54) is 5.56 Å². The van der Waals surface area contributed by atoms with Gasteiger partial charge in [-0.1, -0.05) is 35.9 Å². The third kappa shape index (κ3) is 3.19. The summed E-state index contributed by atoms with van der Waals surface area (Å²) in [4.78, 5) is 2.15. The molecule has 3 N–H and O–H groups in total. The van der Waals surface area contributed by atoms with E-state index >= 15 is 0 Å². The van der Waals surface area contributed by atoms with E-state index in [1.807, 2.05) is 56.4 Å². The summed E-state index contributed by atoms with van der Waals surface area (Å²) in [6.45, 7) is 4.16. The van der Waals surface area contributed by atoms with Crippen molar-refractivity contribution in [3.63, 3.8) is 0 Å². The zero-order valence-corrected chi connectivity index (χ0v) is 13.3. The van der Waals surface area contributed by atoms with Gasteiger partial charge in [0.2, 0.25) is 0 Å². The fraction of sp³-hybridized carbons (Fsp3) is 0.235. The Kier molecular flexibility index (Phi) is 4.53. The minimum absolute atomic E-state index is 0.0869. The standard InChI is InChI=1S/C17H20ClN3/c1-11-5-4-6-15(17(19)20)16(11)21(3)12(2)13-7-9-14(18)10-8-13/h4-10,12H,1-3H3,(H3,19,20). The lowest BCUT2D eigenvalue weighted by Gasteiger charge is -2.30. The minimum Gasteiger partial charge on any atom is -0.384 e. The van der Waals surface area contributed by atoms with Gasteiger partial charge in [-0.15, -0.1) is 0 Å². The van der Waals surface area contributed by atoms with Crippen molar-refractivity contribution in [2.24, 2.45) is 5.73 Å². The fourth-order valence-electron chi connectivity index (χ4n) is 2.50. The van der Waals surface area contributed by atoms with Crippen LogP contribution in [-0.4, -0.2) is 12.9 Å². The molecule has 1 unspecified atom stereocenters. The van der Waals surface area contributed by atoms with E-state index in [-0.39, 0.29) is 11.9 Å². The zero-order chi connectivity index (χ0) is 15.6. The van der Waals surface area contributed by atoms with Crippen LogP contribution in [0.25, 0.3) is 0 Å². The van der Waals surface area contributed by atoms with Crippen LogP contribution in [0.15, 0.2) is 42.5 Å². The monoisotopic (exact) mass is 301 g/mol. The predicted octanol–water partition coefficient (Wildman–Crippen LogP) is 4.13. The lowest BCUT2D eigenvalue weighted by molar-refractivity contribution is 0.737. The topological polar surface area (TPSA) is 53.1 Å². The van der Waals surface area contributed by atoms with Gasteiger partial charge in [-0.05, 0) is 43.2 Å². The van der Waals surface area contributed by atoms with E-state index in [0.29, 0.717) is 0 Å². The van der Waals surface area contributed by atoms with Crippen molar-refractivity contribution in [3.05, 3.63) is 64.2 Å². The number of benzene rings is 2. The smallest absolute Gasteiger partial charge is 0.124 e. The average Bonchev–Trinajstić information content (AvgIpc) is 2.46. The third-order valence-corrected chi connectivity index (χ3v) is 4.07. The highest BCUT2D eigenvalue weighted by molar-refractivity contribution is 6.30. The van der Waals surface area contributed by atoms with Gasteiger partial charge in [0, 0.05) is 17.6 Å². The molecule has 3 nitrogen and oxygen atoms in total. The average molecular weight is 302 g/mol. The lowest BCUT2D eigenvalue weighted by Crippen LogP contribution is -2.26. The van der Waals surface area contributed by atoms with Gasteiger partial charge in [-0.3, -0.25) is 5.41 Å². The van der Waals surface area contributed by atoms with E-state index in [1.54, 1.807) is 0 Å². The number of hydrogen-bond acceptors (Lipinski definition) is 2. The number of anilines is 1. The molecule has 0 aliphatic heterocycles. The molecule has 21 heavy (non-hydrogen) atoms. The van der Waals surface area contributed by atoms with Gasteiger partial charge in [-0.25, -0.2) is 0 Å². The van der Waals surface area contributed by atoms with Gasteiger partial charge in [0.1, 0.15) is 5.84 Å². The molecule has 0 amide bonds. The maximum Gasteiger partial charge on any atom is 0.124 e. The molecule has 0 heterocycles. The molecule has 4 heteroatoms. The Hall–Kier alpha value is -2.00. The van der Waals surface area contributed by atoms with E-state index in [9.17, 15) is 0 Å². The lowest BCUT2D eigenvalue weighted by atomic mass is 10.0. The van der Waals surface area contributed by atoms with Gasteiger partial charge < -0.3 is 10.6 Å². The molecular weight excluding hydrogens is 282 g/mol. The number of rotatable bonds is 4. The molecule has 0 aromatic heterocycles. The van der Waals surface area contributed by atoms with E-state index in [2.05, 4.69) is 11.8 Å². The van der Waals surface area contributed by atoms with E-state index in [0.717, 1.165) is 21.8 Å². The molecule has 2 aromatic carbocycles. The van der Waals surface area contributed by atoms with Crippen molar-refractivity contribution in [1.82, 2.24) is 0 Å². The molecule has 0 radical (unpaired) electrons. The maximum absolute atomic E-state index is 7.77. The number of halogens is 1. The molecule has 0 aliphatic carbocycles. The number of nitrogens with zero attached hydrogens (tertiary/aromatic N) is 1. The second-order valence-electron chi connectivity index (χ2n) is 5.22. The molecule has 0 fully saturated rings.